The normalized spacial score (nSPS) is 16.9. The molecule has 1 saturated heterocycles. The molecule has 6 rings (SSSR count). The van der Waals surface area contributed by atoms with E-state index in [-0.39, 0.29) is 23.7 Å². The van der Waals surface area contributed by atoms with Crippen molar-refractivity contribution in [2.24, 2.45) is 7.05 Å². The third kappa shape index (κ3) is 5.06. The molecule has 3 aromatic heterocycles. The lowest BCUT2D eigenvalue weighted by Crippen LogP contribution is -2.54. The average molecular weight is 568 g/mol. The molecule has 0 aliphatic carbocycles. The van der Waals surface area contributed by atoms with Gasteiger partial charge in [-0.15, -0.1) is 5.10 Å². The van der Waals surface area contributed by atoms with Crippen molar-refractivity contribution in [2.45, 2.75) is 38.8 Å². The van der Waals surface area contributed by atoms with Gasteiger partial charge in [-0.05, 0) is 69.2 Å². The number of benzene rings is 2. The fourth-order valence-electron chi connectivity index (χ4n) is 5.30. The summed E-state index contributed by atoms with van der Waals surface area (Å²) in [6, 6.07) is 12.5. The summed E-state index contributed by atoms with van der Waals surface area (Å²) in [7, 11) is 1.81. The fraction of sp³-hybridized carbons (Fsp3) is 0.267. The van der Waals surface area contributed by atoms with Crippen LogP contribution in [0.5, 0.6) is 11.5 Å². The standard InChI is InChI=1S/C30H30FN9O2/c1-5-27(41)34-20-7-6-14-40(18(20)3)26-13-10-22-29(36-26)30(33-16-32-22)35-21-9-12-25(17(2)28(21)31)42-19-8-11-24-23(15-19)37-38-39(24)4/h5,8-13,15-16,18,20H,1,6-7,14H2,2-4H3,(H,34,41)(H,32,33,35)/t18-,20+/m0/s1. The quantitative estimate of drug-likeness (QED) is 0.263. The van der Waals surface area contributed by atoms with E-state index in [9.17, 15) is 4.79 Å². The zero-order chi connectivity index (χ0) is 29.4. The van der Waals surface area contributed by atoms with E-state index in [0.717, 1.165) is 30.7 Å². The van der Waals surface area contributed by atoms with E-state index in [4.69, 9.17) is 9.72 Å². The number of hydrogen-bond donors (Lipinski definition) is 2. The van der Waals surface area contributed by atoms with Crippen LogP contribution in [0, 0.1) is 12.7 Å². The van der Waals surface area contributed by atoms with Gasteiger partial charge in [0.25, 0.3) is 0 Å². The molecule has 1 fully saturated rings. The van der Waals surface area contributed by atoms with E-state index in [0.29, 0.717) is 39.4 Å². The van der Waals surface area contributed by atoms with Crippen molar-refractivity contribution in [3.05, 3.63) is 72.8 Å². The maximum atomic E-state index is 15.6. The van der Waals surface area contributed by atoms with Crippen LogP contribution in [0.15, 0.2) is 61.4 Å². The minimum Gasteiger partial charge on any atom is -0.457 e. The molecule has 1 aliphatic rings. The van der Waals surface area contributed by atoms with Gasteiger partial charge in [0.1, 0.15) is 34.7 Å². The van der Waals surface area contributed by atoms with Gasteiger partial charge >= 0.3 is 0 Å². The molecule has 4 heterocycles. The first kappa shape index (κ1) is 27.1. The molecule has 1 amide bonds. The number of ether oxygens (including phenoxy) is 1. The molecule has 11 nitrogen and oxygen atoms in total. The van der Waals surface area contributed by atoms with Crippen LogP contribution in [-0.4, -0.2) is 54.5 Å². The second kappa shape index (κ2) is 11.0. The van der Waals surface area contributed by atoms with Gasteiger partial charge < -0.3 is 20.3 Å². The molecule has 2 atom stereocenters. The SMILES string of the molecule is C=CC(=O)N[C@@H]1CCCN(c2ccc3ncnc(Nc4ccc(Oc5ccc6c(c5)nnn6C)c(C)c4F)c3n2)[C@H]1C. The van der Waals surface area contributed by atoms with Crippen molar-refractivity contribution in [1.82, 2.24) is 35.3 Å². The highest BCUT2D eigenvalue weighted by molar-refractivity contribution is 5.89. The number of carbonyl (C=O) groups is 1. The van der Waals surface area contributed by atoms with Crippen molar-refractivity contribution < 1.29 is 13.9 Å². The Morgan fingerprint density at radius 1 is 1.17 bits per heavy atom. The molecule has 12 heteroatoms. The molecule has 0 unspecified atom stereocenters. The Labute approximate surface area is 241 Å². The number of amides is 1. The number of nitrogens with one attached hydrogen (secondary N) is 2. The molecular formula is C30H30FN9O2. The number of nitrogens with zero attached hydrogens (tertiary/aromatic N) is 7. The maximum Gasteiger partial charge on any atom is 0.243 e. The molecule has 2 N–H and O–H groups in total. The van der Waals surface area contributed by atoms with E-state index in [1.165, 1.54) is 12.4 Å². The first-order valence-corrected chi connectivity index (χ1v) is 13.7. The van der Waals surface area contributed by atoms with Crippen LogP contribution < -0.4 is 20.3 Å². The number of pyridine rings is 1. The zero-order valence-corrected chi connectivity index (χ0v) is 23.5. The molecule has 214 valence electrons. The number of anilines is 3. The smallest absolute Gasteiger partial charge is 0.243 e. The van der Waals surface area contributed by atoms with Gasteiger partial charge in [-0.25, -0.2) is 24.0 Å². The Balaban J connectivity index is 1.26. The van der Waals surface area contributed by atoms with Gasteiger partial charge in [-0.2, -0.15) is 0 Å². The van der Waals surface area contributed by atoms with E-state index in [1.807, 2.05) is 25.2 Å². The third-order valence-corrected chi connectivity index (χ3v) is 7.66. The Hall–Kier alpha value is -5.13. The van der Waals surface area contributed by atoms with Crippen molar-refractivity contribution in [1.29, 1.82) is 0 Å². The Morgan fingerprint density at radius 3 is 2.86 bits per heavy atom. The highest BCUT2D eigenvalue weighted by Gasteiger charge is 2.30. The summed E-state index contributed by atoms with van der Waals surface area (Å²) in [5.74, 6) is 1.35. The lowest BCUT2D eigenvalue weighted by Gasteiger charge is -2.40. The molecule has 0 radical (unpaired) electrons. The summed E-state index contributed by atoms with van der Waals surface area (Å²) in [6.07, 6.45) is 4.47. The zero-order valence-electron chi connectivity index (χ0n) is 23.5. The van der Waals surface area contributed by atoms with Crippen LogP contribution in [0.25, 0.3) is 22.1 Å². The number of rotatable bonds is 7. The largest absolute Gasteiger partial charge is 0.457 e. The first-order chi connectivity index (χ1) is 20.3. The number of piperidine rings is 1. The van der Waals surface area contributed by atoms with Gasteiger partial charge in [-0.1, -0.05) is 11.8 Å². The summed E-state index contributed by atoms with van der Waals surface area (Å²) in [6.45, 7) is 8.06. The van der Waals surface area contributed by atoms with E-state index in [2.05, 4.69) is 49.3 Å². The second-order valence-electron chi connectivity index (χ2n) is 10.3. The predicted molar refractivity (Wildman–Crippen MR) is 159 cm³/mol. The van der Waals surface area contributed by atoms with Crippen LogP contribution in [0.3, 0.4) is 0 Å². The second-order valence-corrected chi connectivity index (χ2v) is 10.3. The lowest BCUT2D eigenvalue weighted by molar-refractivity contribution is -0.117. The van der Waals surface area contributed by atoms with Crippen LogP contribution in [-0.2, 0) is 11.8 Å². The summed E-state index contributed by atoms with van der Waals surface area (Å²) in [5, 5.41) is 14.2. The summed E-state index contributed by atoms with van der Waals surface area (Å²) < 4.78 is 23.3. The molecule has 2 aromatic carbocycles. The van der Waals surface area contributed by atoms with Crippen molar-refractivity contribution in [3.63, 3.8) is 0 Å². The monoisotopic (exact) mass is 567 g/mol. The summed E-state index contributed by atoms with van der Waals surface area (Å²) in [5.41, 5.74) is 3.25. The highest BCUT2D eigenvalue weighted by Crippen LogP contribution is 2.34. The van der Waals surface area contributed by atoms with E-state index < -0.39 is 5.82 Å². The number of carbonyl (C=O) groups excluding carboxylic acids is 1. The molecule has 0 saturated carbocycles. The lowest BCUT2D eigenvalue weighted by atomic mass is 9.97. The number of aryl methyl sites for hydroxylation is 1. The highest BCUT2D eigenvalue weighted by atomic mass is 19.1. The predicted octanol–water partition coefficient (Wildman–Crippen LogP) is 4.95. The Morgan fingerprint density at radius 2 is 2.02 bits per heavy atom. The molecular weight excluding hydrogens is 537 g/mol. The van der Waals surface area contributed by atoms with Crippen LogP contribution in [0.1, 0.15) is 25.3 Å². The van der Waals surface area contributed by atoms with Crippen molar-refractivity contribution in [3.8, 4) is 11.5 Å². The molecule has 42 heavy (non-hydrogen) atoms. The van der Waals surface area contributed by atoms with E-state index >= 15 is 4.39 Å². The number of hydrogen-bond acceptors (Lipinski definition) is 9. The molecule has 5 aromatic rings. The minimum absolute atomic E-state index is 0.0101. The maximum absolute atomic E-state index is 15.6. The van der Waals surface area contributed by atoms with Crippen molar-refractivity contribution in [2.75, 3.05) is 16.8 Å². The van der Waals surface area contributed by atoms with Crippen LogP contribution >= 0.6 is 0 Å². The summed E-state index contributed by atoms with van der Waals surface area (Å²) in [4.78, 5) is 27.7. The van der Waals surface area contributed by atoms with Gasteiger partial charge in [0, 0.05) is 37.3 Å². The average Bonchev–Trinajstić information content (AvgIpc) is 3.37. The fourth-order valence-corrected chi connectivity index (χ4v) is 5.30. The third-order valence-electron chi connectivity index (χ3n) is 7.66. The van der Waals surface area contributed by atoms with Crippen LogP contribution in [0.2, 0.25) is 0 Å². The number of halogens is 1. The molecule has 1 aliphatic heterocycles. The van der Waals surface area contributed by atoms with Crippen LogP contribution in [0.4, 0.5) is 21.7 Å². The Kier molecular flexibility index (Phi) is 7.11. The summed E-state index contributed by atoms with van der Waals surface area (Å²) >= 11 is 0. The van der Waals surface area contributed by atoms with Gasteiger partial charge in [-0.3, -0.25) is 4.79 Å². The number of aromatic nitrogens is 6. The number of fused-ring (bicyclic) bond motifs is 2. The Bertz CT molecular complexity index is 1820. The van der Waals surface area contributed by atoms with Gasteiger partial charge in [0.2, 0.25) is 5.91 Å². The van der Waals surface area contributed by atoms with Gasteiger partial charge in [0.15, 0.2) is 11.6 Å². The minimum atomic E-state index is -0.471. The van der Waals surface area contributed by atoms with Gasteiger partial charge in [0.05, 0.1) is 16.7 Å². The molecule has 0 bridgehead atoms. The topological polar surface area (TPSA) is 123 Å². The van der Waals surface area contributed by atoms with Crippen molar-refractivity contribution >= 4 is 45.3 Å². The van der Waals surface area contributed by atoms with E-state index in [1.54, 1.807) is 35.9 Å². The first-order valence-electron chi connectivity index (χ1n) is 13.7. The molecule has 0 spiro atoms.